The van der Waals surface area contributed by atoms with E-state index in [1.54, 1.807) is 6.07 Å². The van der Waals surface area contributed by atoms with Gasteiger partial charge in [0.05, 0.1) is 19.3 Å². The number of halogens is 2. The average Bonchev–Trinajstić information content (AvgIpc) is 2.63. The monoisotopic (exact) mass is 348 g/mol. The molecule has 5 nitrogen and oxygen atoms in total. The van der Waals surface area contributed by atoms with E-state index in [4.69, 9.17) is 4.74 Å². The molecule has 1 heterocycles. The van der Waals surface area contributed by atoms with Crippen LogP contribution in [0.1, 0.15) is 17.2 Å². The van der Waals surface area contributed by atoms with Gasteiger partial charge >= 0.3 is 6.03 Å². The number of benzene rings is 2. The molecular formula is C18H18F2N2O3. The molecular weight excluding hydrogens is 330 g/mol. The molecule has 0 aromatic heterocycles. The molecule has 2 amide bonds. The molecule has 0 bridgehead atoms. The SMILES string of the molecule is O=C(NCc1cccc(F)c1F)N[C@H]1c2ccccc2OC[C@H]1CO. The summed E-state index contributed by atoms with van der Waals surface area (Å²) in [7, 11) is 0. The fourth-order valence-electron chi connectivity index (χ4n) is 2.82. The van der Waals surface area contributed by atoms with E-state index >= 15 is 0 Å². The lowest BCUT2D eigenvalue weighted by Crippen LogP contribution is -2.44. The number of para-hydroxylation sites is 1. The van der Waals surface area contributed by atoms with E-state index in [1.807, 2.05) is 18.2 Å². The van der Waals surface area contributed by atoms with Crippen molar-refractivity contribution in [2.45, 2.75) is 12.6 Å². The predicted molar refractivity (Wildman–Crippen MR) is 87.0 cm³/mol. The highest BCUT2D eigenvalue weighted by Gasteiger charge is 2.31. The van der Waals surface area contributed by atoms with E-state index in [-0.39, 0.29) is 31.2 Å². The Morgan fingerprint density at radius 3 is 2.80 bits per heavy atom. The van der Waals surface area contributed by atoms with Crippen molar-refractivity contribution < 1.29 is 23.4 Å². The lowest BCUT2D eigenvalue weighted by atomic mass is 9.91. The van der Waals surface area contributed by atoms with E-state index < -0.39 is 23.7 Å². The van der Waals surface area contributed by atoms with Crippen molar-refractivity contribution in [3.05, 3.63) is 65.2 Å². The molecule has 2 aromatic rings. The minimum atomic E-state index is -0.979. The number of fused-ring (bicyclic) bond motifs is 1. The normalized spacial score (nSPS) is 18.8. The van der Waals surface area contributed by atoms with Gasteiger partial charge in [-0.3, -0.25) is 0 Å². The second-order valence-corrected chi connectivity index (χ2v) is 5.81. The minimum Gasteiger partial charge on any atom is -0.493 e. The third-order valence-electron chi connectivity index (χ3n) is 4.17. The summed E-state index contributed by atoms with van der Waals surface area (Å²) in [4.78, 5) is 12.2. The van der Waals surface area contributed by atoms with E-state index in [0.717, 1.165) is 11.6 Å². The van der Waals surface area contributed by atoms with Crippen LogP contribution >= 0.6 is 0 Å². The van der Waals surface area contributed by atoms with Crippen molar-refractivity contribution in [2.24, 2.45) is 5.92 Å². The van der Waals surface area contributed by atoms with E-state index in [2.05, 4.69) is 10.6 Å². The number of ether oxygens (including phenoxy) is 1. The van der Waals surface area contributed by atoms with Gasteiger partial charge in [-0.25, -0.2) is 13.6 Å². The zero-order valence-electron chi connectivity index (χ0n) is 13.3. The summed E-state index contributed by atoms with van der Waals surface area (Å²) in [5.74, 6) is -1.59. The number of aliphatic hydroxyl groups excluding tert-OH is 1. The molecule has 0 unspecified atom stereocenters. The molecule has 132 valence electrons. The van der Waals surface area contributed by atoms with Gasteiger partial charge in [-0.05, 0) is 12.1 Å². The molecule has 0 fully saturated rings. The largest absolute Gasteiger partial charge is 0.493 e. The van der Waals surface area contributed by atoms with Gasteiger partial charge in [0.2, 0.25) is 0 Å². The average molecular weight is 348 g/mol. The van der Waals surface area contributed by atoms with Crippen LogP contribution in [0.3, 0.4) is 0 Å². The second kappa shape index (κ2) is 7.48. The van der Waals surface area contributed by atoms with Crippen molar-refractivity contribution in [1.82, 2.24) is 10.6 Å². The fraction of sp³-hybridized carbons (Fsp3) is 0.278. The molecule has 0 aliphatic carbocycles. The first-order valence-electron chi connectivity index (χ1n) is 7.90. The van der Waals surface area contributed by atoms with Crippen LogP contribution in [-0.4, -0.2) is 24.4 Å². The van der Waals surface area contributed by atoms with Crippen LogP contribution in [0, 0.1) is 17.6 Å². The summed E-state index contributed by atoms with van der Waals surface area (Å²) >= 11 is 0. The summed E-state index contributed by atoms with van der Waals surface area (Å²) in [5, 5.41) is 14.8. The molecule has 2 aromatic carbocycles. The second-order valence-electron chi connectivity index (χ2n) is 5.81. The van der Waals surface area contributed by atoms with Crippen molar-refractivity contribution >= 4 is 6.03 Å². The van der Waals surface area contributed by atoms with Crippen LogP contribution < -0.4 is 15.4 Å². The van der Waals surface area contributed by atoms with Crippen molar-refractivity contribution in [2.75, 3.05) is 13.2 Å². The molecule has 0 radical (unpaired) electrons. The Morgan fingerprint density at radius 1 is 1.20 bits per heavy atom. The minimum absolute atomic E-state index is 0.0567. The predicted octanol–water partition coefficient (Wildman–Crippen LogP) is 2.51. The summed E-state index contributed by atoms with van der Waals surface area (Å²) in [6, 6.07) is 10.1. The first kappa shape index (κ1) is 17.2. The zero-order chi connectivity index (χ0) is 17.8. The molecule has 0 saturated carbocycles. The highest BCUT2D eigenvalue weighted by molar-refractivity contribution is 5.74. The summed E-state index contributed by atoms with van der Waals surface area (Å²) in [6.45, 7) is -0.0289. The standard InChI is InChI=1S/C18H18F2N2O3/c19-14-6-3-4-11(16(14)20)8-21-18(24)22-17-12(9-23)10-25-15-7-2-1-5-13(15)17/h1-7,12,17,23H,8-10H2,(H2,21,22,24)/t12-,17-/m1/s1. The lowest BCUT2D eigenvalue weighted by molar-refractivity contribution is 0.113. The maximum absolute atomic E-state index is 13.6. The van der Waals surface area contributed by atoms with Crippen molar-refractivity contribution in [1.29, 1.82) is 0 Å². The molecule has 7 heteroatoms. The Balaban J connectivity index is 1.68. The van der Waals surface area contributed by atoms with Gasteiger partial charge in [0.25, 0.3) is 0 Å². The summed E-state index contributed by atoms with van der Waals surface area (Å²) < 4.78 is 32.4. The number of hydrogen-bond donors (Lipinski definition) is 3. The molecule has 1 aliphatic rings. The number of aliphatic hydroxyl groups is 1. The highest BCUT2D eigenvalue weighted by Crippen LogP contribution is 2.34. The maximum atomic E-state index is 13.6. The molecule has 3 rings (SSSR count). The smallest absolute Gasteiger partial charge is 0.315 e. The van der Waals surface area contributed by atoms with Crippen molar-refractivity contribution in [3.63, 3.8) is 0 Å². The zero-order valence-corrected chi connectivity index (χ0v) is 13.3. The van der Waals surface area contributed by atoms with Gasteiger partial charge in [0, 0.05) is 23.6 Å². The first-order valence-corrected chi connectivity index (χ1v) is 7.90. The van der Waals surface area contributed by atoms with Gasteiger partial charge < -0.3 is 20.5 Å². The number of hydrogen-bond acceptors (Lipinski definition) is 3. The number of rotatable bonds is 4. The first-order chi connectivity index (χ1) is 12.1. The quantitative estimate of drug-likeness (QED) is 0.795. The third-order valence-corrected chi connectivity index (χ3v) is 4.17. The number of carbonyl (C=O) groups excluding carboxylic acids is 1. The number of amides is 2. The van der Waals surface area contributed by atoms with Crippen molar-refractivity contribution in [3.8, 4) is 5.75 Å². The van der Waals surface area contributed by atoms with Gasteiger partial charge in [-0.15, -0.1) is 0 Å². The number of carbonyl (C=O) groups is 1. The molecule has 25 heavy (non-hydrogen) atoms. The van der Waals surface area contributed by atoms with E-state index in [9.17, 15) is 18.7 Å². The molecule has 3 N–H and O–H groups in total. The Bertz CT molecular complexity index is 770. The number of urea groups is 1. The lowest BCUT2D eigenvalue weighted by Gasteiger charge is -2.33. The molecule has 1 aliphatic heterocycles. The van der Waals surface area contributed by atoms with Crippen LogP contribution in [-0.2, 0) is 6.54 Å². The summed E-state index contributed by atoms with van der Waals surface area (Å²) in [5.41, 5.74) is 0.820. The van der Waals surface area contributed by atoms with Gasteiger partial charge in [-0.2, -0.15) is 0 Å². The third kappa shape index (κ3) is 3.71. The molecule has 0 saturated heterocycles. The highest BCUT2D eigenvalue weighted by atomic mass is 19.2. The number of nitrogens with one attached hydrogen (secondary N) is 2. The molecule has 2 atom stereocenters. The fourth-order valence-corrected chi connectivity index (χ4v) is 2.82. The maximum Gasteiger partial charge on any atom is 0.315 e. The Morgan fingerprint density at radius 2 is 2.00 bits per heavy atom. The summed E-state index contributed by atoms with van der Waals surface area (Å²) in [6.07, 6.45) is 0. The van der Waals surface area contributed by atoms with Crippen LogP contribution in [0.2, 0.25) is 0 Å². The Labute approximate surface area is 143 Å². The Kier molecular flexibility index (Phi) is 5.14. The van der Waals surface area contributed by atoms with Crippen LogP contribution in [0.25, 0.3) is 0 Å². The van der Waals surface area contributed by atoms with Crippen LogP contribution in [0.4, 0.5) is 13.6 Å². The van der Waals surface area contributed by atoms with Gasteiger partial charge in [0.1, 0.15) is 5.75 Å². The van der Waals surface area contributed by atoms with Gasteiger partial charge in [-0.1, -0.05) is 30.3 Å². The van der Waals surface area contributed by atoms with Crippen LogP contribution in [0.15, 0.2) is 42.5 Å². The van der Waals surface area contributed by atoms with Gasteiger partial charge in [0.15, 0.2) is 11.6 Å². The Hall–Kier alpha value is -2.67. The topological polar surface area (TPSA) is 70.6 Å². The molecule has 0 spiro atoms. The van der Waals surface area contributed by atoms with Crippen LogP contribution in [0.5, 0.6) is 5.75 Å². The van der Waals surface area contributed by atoms with E-state index in [1.165, 1.54) is 12.1 Å². The van der Waals surface area contributed by atoms with E-state index in [0.29, 0.717) is 5.75 Å².